The van der Waals surface area contributed by atoms with Crippen LogP contribution >= 0.6 is 11.3 Å². The van der Waals surface area contributed by atoms with Gasteiger partial charge in [0.1, 0.15) is 6.04 Å². The molecule has 2 aromatic carbocycles. The molecule has 2 heterocycles. The van der Waals surface area contributed by atoms with E-state index in [1.807, 2.05) is 17.5 Å². The molecule has 1 aliphatic heterocycles. The largest absolute Gasteiger partial charge is 0.283 e. The SMILES string of the molecule is CCS(=O)(=O)Nc1ccccc1C1=NN(S(=O)(=O)c2ccccc2)[C@H](c2cccs2)C1. The zero-order valence-corrected chi connectivity index (χ0v) is 19.1. The molecule has 0 bridgehead atoms. The second kappa shape index (κ2) is 8.45. The summed E-state index contributed by atoms with van der Waals surface area (Å²) in [4.78, 5) is 1.02. The Morgan fingerprint density at radius 3 is 2.39 bits per heavy atom. The lowest BCUT2D eigenvalue weighted by atomic mass is 10.0. The van der Waals surface area contributed by atoms with Crippen molar-refractivity contribution < 1.29 is 16.8 Å². The third-order valence-corrected chi connectivity index (χ3v) is 8.88. The highest BCUT2D eigenvalue weighted by atomic mass is 32.2. The highest BCUT2D eigenvalue weighted by Gasteiger charge is 2.38. The minimum absolute atomic E-state index is 0.0693. The third kappa shape index (κ3) is 4.36. The molecule has 0 spiro atoms. The number of nitrogens with one attached hydrogen (secondary N) is 1. The maximum atomic E-state index is 13.4. The number of hydrazone groups is 1. The van der Waals surface area contributed by atoms with Crippen molar-refractivity contribution in [3.63, 3.8) is 0 Å². The van der Waals surface area contributed by atoms with E-state index in [-0.39, 0.29) is 10.6 Å². The van der Waals surface area contributed by atoms with Crippen LogP contribution < -0.4 is 4.72 Å². The molecule has 10 heteroatoms. The fourth-order valence-corrected chi connectivity index (χ4v) is 6.31. The van der Waals surface area contributed by atoms with Crippen LogP contribution in [0.25, 0.3) is 0 Å². The van der Waals surface area contributed by atoms with Crippen molar-refractivity contribution in [1.29, 1.82) is 0 Å². The van der Waals surface area contributed by atoms with Gasteiger partial charge in [-0.2, -0.15) is 17.9 Å². The van der Waals surface area contributed by atoms with E-state index in [0.29, 0.717) is 23.4 Å². The maximum absolute atomic E-state index is 13.4. The highest BCUT2D eigenvalue weighted by Crippen LogP contribution is 2.39. The normalized spacial score (nSPS) is 16.9. The lowest BCUT2D eigenvalue weighted by molar-refractivity contribution is 0.375. The van der Waals surface area contributed by atoms with Gasteiger partial charge in [-0.25, -0.2) is 8.42 Å². The van der Waals surface area contributed by atoms with Gasteiger partial charge in [-0.3, -0.25) is 4.72 Å². The molecule has 0 aliphatic carbocycles. The average molecular weight is 476 g/mol. The van der Waals surface area contributed by atoms with Gasteiger partial charge in [-0.1, -0.05) is 42.5 Å². The summed E-state index contributed by atoms with van der Waals surface area (Å²) in [7, 11) is -7.39. The van der Waals surface area contributed by atoms with Gasteiger partial charge in [0.2, 0.25) is 10.0 Å². The first-order valence-corrected chi connectivity index (χ1v) is 13.6. The van der Waals surface area contributed by atoms with E-state index in [2.05, 4.69) is 9.82 Å². The van der Waals surface area contributed by atoms with Crippen LogP contribution in [0.5, 0.6) is 0 Å². The number of nitrogens with zero attached hydrogens (tertiary/aromatic N) is 2. The Bertz CT molecular complexity index is 1300. The van der Waals surface area contributed by atoms with Gasteiger partial charge in [-0.05, 0) is 36.6 Å². The van der Waals surface area contributed by atoms with Gasteiger partial charge in [0.05, 0.1) is 22.0 Å². The van der Waals surface area contributed by atoms with E-state index in [9.17, 15) is 16.8 Å². The van der Waals surface area contributed by atoms with Gasteiger partial charge in [-0.15, -0.1) is 11.3 Å². The molecule has 0 saturated heterocycles. The zero-order chi connectivity index (χ0) is 22.1. The summed E-state index contributed by atoms with van der Waals surface area (Å²) in [6.45, 7) is 1.55. The summed E-state index contributed by atoms with van der Waals surface area (Å²) < 4.78 is 54.8. The minimum atomic E-state index is -3.89. The Kier molecular flexibility index (Phi) is 5.87. The molecule has 0 saturated carbocycles. The van der Waals surface area contributed by atoms with Crippen LogP contribution in [0.1, 0.15) is 29.8 Å². The van der Waals surface area contributed by atoms with E-state index in [1.54, 1.807) is 49.4 Å². The molecule has 3 aromatic rings. The van der Waals surface area contributed by atoms with Crippen LogP contribution in [-0.2, 0) is 20.0 Å². The van der Waals surface area contributed by atoms with Crippen LogP contribution in [0.3, 0.4) is 0 Å². The topological polar surface area (TPSA) is 95.9 Å². The molecule has 1 N–H and O–H groups in total. The molecular weight excluding hydrogens is 454 g/mol. The Morgan fingerprint density at radius 1 is 1.00 bits per heavy atom. The molecule has 1 aliphatic rings. The predicted octanol–water partition coefficient (Wildman–Crippen LogP) is 4.05. The Balaban J connectivity index is 1.80. The van der Waals surface area contributed by atoms with Gasteiger partial charge in [0.25, 0.3) is 10.0 Å². The number of benzene rings is 2. The molecule has 0 fully saturated rings. The van der Waals surface area contributed by atoms with Crippen LogP contribution in [0.15, 0.2) is 82.1 Å². The fourth-order valence-electron chi connectivity index (χ4n) is 3.33. The first-order chi connectivity index (χ1) is 14.8. The molecule has 162 valence electrons. The molecular formula is C21H21N3O4S3. The molecule has 0 amide bonds. The van der Waals surface area contributed by atoms with Gasteiger partial charge in [0, 0.05) is 16.9 Å². The average Bonchev–Trinajstić information content (AvgIpc) is 3.45. The first kappa shape index (κ1) is 21.5. The molecule has 7 nitrogen and oxygen atoms in total. The summed E-state index contributed by atoms with van der Waals surface area (Å²) in [5.41, 5.74) is 1.45. The lowest BCUT2D eigenvalue weighted by Crippen LogP contribution is -2.26. The molecule has 0 radical (unpaired) electrons. The van der Waals surface area contributed by atoms with E-state index in [0.717, 1.165) is 9.29 Å². The summed E-state index contributed by atoms with van der Waals surface area (Å²) >= 11 is 1.46. The van der Waals surface area contributed by atoms with Crippen LogP contribution in [0, 0.1) is 0 Å². The zero-order valence-electron chi connectivity index (χ0n) is 16.7. The Hall–Kier alpha value is -2.69. The maximum Gasteiger partial charge on any atom is 0.279 e. The van der Waals surface area contributed by atoms with Gasteiger partial charge in [0.15, 0.2) is 0 Å². The third-order valence-electron chi connectivity index (χ3n) is 4.91. The first-order valence-electron chi connectivity index (χ1n) is 9.62. The molecule has 31 heavy (non-hydrogen) atoms. The minimum Gasteiger partial charge on any atom is -0.283 e. The summed E-state index contributed by atoms with van der Waals surface area (Å²) in [6, 6.07) is 18.3. The van der Waals surface area contributed by atoms with Crippen molar-refractivity contribution in [2.45, 2.75) is 24.3 Å². The summed E-state index contributed by atoms with van der Waals surface area (Å²) in [6.07, 6.45) is 0.331. The van der Waals surface area contributed by atoms with Crippen molar-refractivity contribution in [3.05, 3.63) is 82.6 Å². The van der Waals surface area contributed by atoms with Gasteiger partial charge < -0.3 is 0 Å². The number of sulfonamides is 2. The number of rotatable bonds is 7. The van der Waals surface area contributed by atoms with Crippen LogP contribution in [0.2, 0.25) is 0 Å². The highest BCUT2D eigenvalue weighted by molar-refractivity contribution is 7.92. The summed E-state index contributed by atoms with van der Waals surface area (Å²) in [5.74, 6) is -0.0693. The van der Waals surface area contributed by atoms with E-state index < -0.39 is 26.1 Å². The Morgan fingerprint density at radius 2 is 1.71 bits per heavy atom. The van der Waals surface area contributed by atoms with Crippen LogP contribution in [0.4, 0.5) is 5.69 Å². The van der Waals surface area contributed by atoms with Crippen molar-refractivity contribution in [3.8, 4) is 0 Å². The van der Waals surface area contributed by atoms with Crippen molar-refractivity contribution in [2.75, 3.05) is 10.5 Å². The standard InChI is InChI=1S/C21H21N3O4S3/c1-2-30(25,26)23-18-12-7-6-11-17(18)19-15-20(21-13-8-14-29-21)24(22-19)31(27,28)16-9-4-3-5-10-16/h3-14,20,23H,2,15H2,1H3/t20-/m0/s1. The van der Waals surface area contributed by atoms with Crippen molar-refractivity contribution in [1.82, 2.24) is 4.41 Å². The van der Waals surface area contributed by atoms with E-state index in [1.165, 1.54) is 23.5 Å². The number of hydrogen-bond acceptors (Lipinski definition) is 6. The molecule has 4 rings (SSSR count). The second-order valence-corrected chi connectivity index (χ2v) is 11.7. The fraction of sp³-hybridized carbons (Fsp3) is 0.190. The number of thiophene rings is 1. The van der Waals surface area contributed by atoms with Gasteiger partial charge >= 0.3 is 0 Å². The van der Waals surface area contributed by atoms with Crippen molar-refractivity contribution >= 4 is 42.8 Å². The van der Waals surface area contributed by atoms with E-state index >= 15 is 0 Å². The Labute approximate surface area is 186 Å². The second-order valence-electron chi connectivity index (χ2n) is 6.92. The monoisotopic (exact) mass is 475 g/mol. The number of anilines is 1. The number of para-hydroxylation sites is 1. The molecule has 1 atom stereocenters. The van der Waals surface area contributed by atoms with Crippen LogP contribution in [-0.4, -0.2) is 32.7 Å². The van der Waals surface area contributed by atoms with Crippen molar-refractivity contribution in [2.24, 2.45) is 5.10 Å². The summed E-state index contributed by atoms with van der Waals surface area (Å²) in [5, 5.41) is 6.39. The molecule has 0 unspecified atom stereocenters. The quantitative estimate of drug-likeness (QED) is 0.558. The lowest BCUT2D eigenvalue weighted by Gasteiger charge is -2.22. The smallest absolute Gasteiger partial charge is 0.279 e. The van der Waals surface area contributed by atoms with E-state index in [4.69, 9.17) is 0 Å². The predicted molar refractivity (Wildman–Crippen MR) is 123 cm³/mol. The molecule has 1 aromatic heterocycles. The number of hydrogen-bond donors (Lipinski definition) is 1.